The van der Waals surface area contributed by atoms with Gasteiger partial charge >= 0.3 is 5.91 Å². The van der Waals surface area contributed by atoms with Crippen LogP contribution in [-0.4, -0.2) is 49.2 Å². The van der Waals surface area contributed by atoms with Crippen molar-refractivity contribution < 1.29 is 33.6 Å². The van der Waals surface area contributed by atoms with Crippen molar-refractivity contribution in [2.75, 3.05) is 26.2 Å². The van der Waals surface area contributed by atoms with E-state index in [4.69, 9.17) is 23.9 Å². The normalized spacial score (nSPS) is 19.2. The maximum atomic E-state index is 13.8. The second-order valence-corrected chi connectivity index (χ2v) is 11.5. The lowest BCUT2D eigenvalue weighted by molar-refractivity contribution is -0.132. The van der Waals surface area contributed by atoms with E-state index in [1.807, 2.05) is 32.9 Å². The number of amides is 1. The molecule has 0 aliphatic carbocycles. The molecule has 4 aromatic rings. The zero-order chi connectivity index (χ0) is 29.9. The number of aliphatic hydroxyl groups excluding tert-OH is 1. The number of Topliss-reactive ketones (excluding diaryl/α,β-unsaturated/α-hetero) is 1. The van der Waals surface area contributed by atoms with Crippen molar-refractivity contribution in [1.29, 1.82) is 0 Å². The standard InChI is InChI=1S/C32H30N2O7S/c1-15-9-16(2)26-24(10-15)42-32(33-26)34-27(20-13-22(38-4)30(40-6)23(14-20)39-5)25(29(36)31(34)37)28(35)18-7-8-21-19(12-18)11-17(3)41-21/h7-10,12-14,17,27,35H,11H2,1-6H3/t17-,27+/m1/s1. The molecule has 1 saturated heterocycles. The topological polar surface area (TPSA) is 107 Å². The predicted octanol–water partition coefficient (Wildman–Crippen LogP) is 5.89. The molecule has 0 radical (unpaired) electrons. The highest BCUT2D eigenvalue weighted by molar-refractivity contribution is 7.22. The third kappa shape index (κ3) is 4.34. The van der Waals surface area contributed by atoms with Crippen LogP contribution in [0.15, 0.2) is 48.0 Å². The van der Waals surface area contributed by atoms with E-state index in [1.54, 1.807) is 30.3 Å². The minimum atomic E-state index is -1.02. The first-order valence-corrected chi connectivity index (χ1v) is 14.3. The summed E-state index contributed by atoms with van der Waals surface area (Å²) in [5, 5.41) is 12.1. The number of thiazole rings is 1. The Hall–Kier alpha value is -4.57. The van der Waals surface area contributed by atoms with Crippen LogP contribution in [0.2, 0.25) is 0 Å². The molecular weight excluding hydrogens is 556 g/mol. The van der Waals surface area contributed by atoms with Crippen LogP contribution in [-0.2, 0) is 16.0 Å². The molecule has 2 atom stereocenters. The molecule has 3 heterocycles. The van der Waals surface area contributed by atoms with Crippen molar-refractivity contribution in [2.45, 2.75) is 39.3 Å². The summed E-state index contributed by atoms with van der Waals surface area (Å²) in [6.07, 6.45) is 0.680. The molecule has 2 aliphatic heterocycles. The van der Waals surface area contributed by atoms with Crippen molar-refractivity contribution in [3.05, 3.63) is 75.9 Å². The fourth-order valence-electron chi connectivity index (χ4n) is 5.79. The number of anilines is 1. The zero-order valence-corrected chi connectivity index (χ0v) is 24.9. The van der Waals surface area contributed by atoms with Crippen molar-refractivity contribution in [2.24, 2.45) is 0 Å². The van der Waals surface area contributed by atoms with Gasteiger partial charge in [0.05, 0.1) is 43.2 Å². The molecule has 0 spiro atoms. The molecule has 3 aromatic carbocycles. The van der Waals surface area contributed by atoms with Crippen LogP contribution < -0.4 is 23.8 Å². The van der Waals surface area contributed by atoms with Gasteiger partial charge in [-0.15, -0.1) is 0 Å². The van der Waals surface area contributed by atoms with E-state index in [1.165, 1.54) is 37.6 Å². The van der Waals surface area contributed by atoms with Crippen LogP contribution in [0.25, 0.3) is 16.0 Å². The van der Waals surface area contributed by atoms with Gasteiger partial charge in [-0.2, -0.15) is 0 Å². The zero-order valence-electron chi connectivity index (χ0n) is 24.1. The molecule has 1 aromatic heterocycles. The first kappa shape index (κ1) is 27.6. The average molecular weight is 587 g/mol. The van der Waals surface area contributed by atoms with Crippen molar-refractivity contribution in [3.63, 3.8) is 0 Å². The van der Waals surface area contributed by atoms with Gasteiger partial charge in [-0.25, -0.2) is 4.98 Å². The Morgan fingerprint density at radius 3 is 2.40 bits per heavy atom. The second kappa shape index (κ2) is 10.4. The third-order valence-corrected chi connectivity index (χ3v) is 8.64. The smallest absolute Gasteiger partial charge is 0.301 e. The third-order valence-electron chi connectivity index (χ3n) is 7.64. The molecule has 9 nitrogen and oxygen atoms in total. The molecule has 6 rings (SSSR count). The number of hydrogen-bond donors (Lipinski definition) is 1. The first-order chi connectivity index (χ1) is 20.1. The van der Waals surface area contributed by atoms with E-state index < -0.39 is 17.7 Å². The quantitative estimate of drug-likeness (QED) is 0.169. The van der Waals surface area contributed by atoms with Gasteiger partial charge in [0.1, 0.15) is 17.6 Å². The van der Waals surface area contributed by atoms with E-state index in [0.29, 0.717) is 39.9 Å². The van der Waals surface area contributed by atoms with E-state index in [-0.39, 0.29) is 17.4 Å². The Morgan fingerprint density at radius 2 is 1.74 bits per heavy atom. The number of carbonyl (C=O) groups is 2. The molecular formula is C32H30N2O7S. The van der Waals surface area contributed by atoms with Crippen LogP contribution in [0, 0.1) is 13.8 Å². The maximum absolute atomic E-state index is 13.8. The number of fused-ring (bicyclic) bond motifs is 2. The van der Waals surface area contributed by atoms with Gasteiger partial charge in [0.2, 0.25) is 5.75 Å². The Balaban J connectivity index is 1.60. The predicted molar refractivity (Wildman–Crippen MR) is 160 cm³/mol. The van der Waals surface area contributed by atoms with Crippen LogP contribution in [0.3, 0.4) is 0 Å². The van der Waals surface area contributed by atoms with Gasteiger partial charge in [-0.05, 0) is 79.4 Å². The number of ketones is 1. The molecule has 0 saturated carbocycles. The minimum Gasteiger partial charge on any atom is -0.507 e. The molecule has 216 valence electrons. The van der Waals surface area contributed by atoms with Gasteiger partial charge < -0.3 is 24.1 Å². The summed E-state index contributed by atoms with van der Waals surface area (Å²) in [4.78, 5) is 33.8. The first-order valence-electron chi connectivity index (χ1n) is 13.4. The number of methoxy groups -OCH3 is 3. The molecule has 2 aliphatic rings. The number of aromatic nitrogens is 1. The van der Waals surface area contributed by atoms with Gasteiger partial charge in [0, 0.05) is 12.0 Å². The van der Waals surface area contributed by atoms with E-state index in [9.17, 15) is 14.7 Å². The van der Waals surface area contributed by atoms with Gasteiger partial charge in [-0.1, -0.05) is 17.4 Å². The number of ether oxygens (including phenoxy) is 4. The van der Waals surface area contributed by atoms with Crippen LogP contribution in [0.4, 0.5) is 5.13 Å². The maximum Gasteiger partial charge on any atom is 0.301 e. The number of carbonyl (C=O) groups excluding carboxylic acids is 2. The number of hydrogen-bond acceptors (Lipinski definition) is 9. The molecule has 1 fully saturated rings. The fraction of sp³-hybridized carbons (Fsp3) is 0.281. The highest BCUT2D eigenvalue weighted by Crippen LogP contribution is 2.48. The number of aliphatic hydroxyl groups is 1. The van der Waals surface area contributed by atoms with Crippen LogP contribution in [0.1, 0.15) is 40.8 Å². The lowest BCUT2D eigenvalue weighted by atomic mass is 9.94. The Bertz CT molecular complexity index is 1780. The molecule has 1 N–H and O–H groups in total. The molecule has 10 heteroatoms. The van der Waals surface area contributed by atoms with Crippen molar-refractivity contribution >= 4 is 44.1 Å². The monoisotopic (exact) mass is 586 g/mol. The number of aryl methyl sites for hydroxylation is 2. The van der Waals surface area contributed by atoms with Gasteiger partial charge in [-0.3, -0.25) is 14.5 Å². The van der Waals surface area contributed by atoms with Crippen LogP contribution in [0.5, 0.6) is 23.0 Å². The molecule has 0 unspecified atom stereocenters. The SMILES string of the molecule is COc1cc([C@H]2C(=C(O)c3ccc4c(c3)C[C@@H](C)O4)C(=O)C(=O)N2c2nc3c(C)cc(C)cc3s2)cc(OC)c1OC. The molecule has 0 bridgehead atoms. The summed E-state index contributed by atoms with van der Waals surface area (Å²) in [6, 6.07) is 11.6. The summed E-state index contributed by atoms with van der Waals surface area (Å²) in [5.41, 5.74) is 4.53. The minimum absolute atomic E-state index is 0.00772. The molecule has 42 heavy (non-hydrogen) atoms. The van der Waals surface area contributed by atoms with Gasteiger partial charge in [0.15, 0.2) is 16.6 Å². The fourth-order valence-corrected chi connectivity index (χ4v) is 6.96. The lowest BCUT2D eigenvalue weighted by Gasteiger charge is -2.24. The Labute approximate surface area is 246 Å². The van der Waals surface area contributed by atoms with E-state index in [2.05, 4.69) is 0 Å². The van der Waals surface area contributed by atoms with Crippen LogP contribution >= 0.6 is 11.3 Å². The van der Waals surface area contributed by atoms with E-state index >= 15 is 0 Å². The summed E-state index contributed by atoms with van der Waals surface area (Å²) < 4.78 is 23.4. The van der Waals surface area contributed by atoms with E-state index in [0.717, 1.165) is 32.7 Å². The number of benzene rings is 3. The summed E-state index contributed by atoms with van der Waals surface area (Å²) in [7, 11) is 4.48. The molecule has 1 amide bonds. The number of nitrogens with zero attached hydrogens (tertiary/aromatic N) is 2. The Morgan fingerprint density at radius 1 is 1.02 bits per heavy atom. The Kier molecular flexibility index (Phi) is 6.81. The second-order valence-electron chi connectivity index (χ2n) is 10.5. The average Bonchev–Trinajstić information content (AvgIpc) is 3.64. The summed E-state index contributed by atoms with van der Waals surface area (Å²) in [6.45, 7) is 5.93. The highest BCUT2D eigenvalue weighted by atomic mass is 32.1. The number of rotatable bonds is 6. The summed E-state index contributed by atoms with van der Waals surface area (Å²) in [5.74, 6) is -0.107. The lowest BCUT2D eigenvalue weighted by Crippen LogP contribution is -2.29. The summed E-state index contributed by atoms with van der Waals surface area (Å²) >= 11 is 1.31. The highest BCUT2D eigenvalue weighted by Gasteiger charge is 2.49. The largest absolute Gasteiger partial charge is 0.507 e. The van der Waals surface area contributed by atoms with Gasteiger partial charge in [0.25, 0.3) is 5.78 Å². The van der Waals surface area contributed by atoms with Crippen molar-refractivity contribution in [3.8, 4) is 23.0 Å². The van der Waals surface area contributed by atoms with Crippen molar-refractivity contribution in [1.82, 2.24) is 4.98 Å².